The first-order chi connectivity index (χ1) is 7.11. The van der Waals surface area contributed by atoms with Crippen LogP contribution < -0.4 is 0 Å². The summed E-state index contributed by atoms with van der Waals surface area (Å²) in [6.07, 6.45) is 4.99. The molecule has 0 aliphatic heterocycles. The van der Waals surface area contributed by atoms with Crippen LogP contribution >= 0.6 is 15.9 Å². The standard InChI is InChI=1S/C14H21Br/c1-4-5-14(15)7-6-13-9-11(2)8-12(3)10-13/h8-10,14H,4-7H2,1-3H3. The van der Waals surface area contributed by atoms with Gasteiger partial charge >= 0.3 is 0 Å². The van der Waals surface area contributed by atoms with Crippen LogP contribution in [0.1, 0.15) is 42.9 Å². The number of benzene rings is 1. The topological polar surface area (TPSA) is 0 Å². The van der Waals surface area contributed by atoms with Crippen molar-refractivity contribution in [3.63, 3.8) is 0 Å². The second-order valence-corrected chi connectivity index (χ2v) is 5.72. The molecule has 0 saturated heterocycles. The maximum absolute atomic E-state index is 3.73. The van der Waals surface area contributed by atoms with Crippen molar-refractivity contribution in [3.05, 3.63) is 34.9 Å². The number of aryl methyl sites for hydroxylation is 3. The number of halogens is 1. The normalized spacial score (nSPS) is 12.8. The summed E-state index contributed by atoms with van der Waals surface area (Å²) < 4.78 is 0. The van der Waals surface area contributed by atoms with Crippen LogP contribution in [0.3, 0.4) is 0 Å². The lowest BCUT2D eigenvalue weighted by Crippen LogP contribution is -1.99. The second-order valence-electron chi connectivity index (χ2n) is 4.42. The van der Waals surface area contributed by atoms with Crippen LogP contribution in [0.2, 0.25) is 0 Å². The zero-order valence-corrected chi connectivity index (χ0v) is 11.6. The van der Waals surface area contributed by atoms with Crippen LogP contribution in [0.25, 0.3) is 0 Å². The van der Waals surface area contributed by atoms with E-state index in [4.69, 9.17) is 0 Å². The van der Waals surface area contributed by atoms with Gasteiger partial charge < -0.3 is 0 Å². The molecule has 0 radical (unpaired) electrons. The van der Waals surface area contributed by atoms with E-state index in [-0.39, 0.29) is 0 Å². The molecule has 0 nitrogen and oxygen atoms in total. The maximum Gasteiger partial charge on any atom is 0.0148 e. The van der Waals surface area contributed by atoms with E-state index >= 15 is 0 Å². The Labute approximate surface area is 102 Å². The highest BCUT2D eigenvalue weighted by Gasteiger charge is 2.03. The summed E-state index contributed by atoms with van der Waals surface area (Å²) in [6.45, 7) is 6.59. The highest BCUT2D eigenvalue weighted by Crippen LogP contribution is 2.17. The van der Waals surface area contributed by atoms with Gasteiger partial charge in [0.25, 0.3) is 0 Å². The third kappa shape index (κ3) is 4.83. The summed E-state index contributed by atoms with van der Waals surface area (Å²) in [6, 6.07) is 6.85. The van der Waals surface area contributed by atoms with E-state index in [0.717, 1.165) is 0 Å². The van der Waals surface area contributed by atoms with E-state index in [2.05, 4.69) is 54.9 Å². The quantitative estimate of drug-likeness (QED) is 0.673. The predicted molar refractivity (Wildman–Crippen MR) is 71.9 cm³/mol. The van der Waals surface area contributed by atoms with Crippen molar-refractivity contribution < 1.29 is 0 Å². The molecule has 1 aromatic carbocycles. The SMILES string of the molecule is CCCC(Br)CCc1cc(C)cc(C)c1. The Bertz CT molecular complexity index is 284. The summed E-state index contributed by atoms with van der Waals surface area (Å²) in [7, 11) is 0. The van der Waals surface area contributed by atoms with Crippen molar-refractivity contribution in [1.82, 2.24) is 0 Å². The van der Waals surface area contributed by atoms with E-state index in [1.54, 1.807) is 0 Å². The average molecular weight is 269 g/mol. The van der Waals surface area contributed by atoms with E-state index in [1.807, 2.05) is 0 Å². The molecule has 0 N–H and O–H groups in total. The Hall–Kier alpha value is -0.300. The van der Waals surface area contributed by atoms with Gasteiger partial charge in [0.1, 0.15) is 0 Å². The smallest absolute Gasteiger partial charge is 0.0148 e. The lowest BCUT2D eigenvalue weighted by atomic mass is 10.0. The molecule has 1 heteroatoms. The largest absolute Gasteiger partial charge is 0.0891 e. The minimum Gasteiger partial charge on any atom is -0.0891 e. The number of rotatable bonds is 5. The molecule has 1 unspecified atom stereocenters. The first-order valence-corrected chi connectivity index (χ1v) is 6.74. The lowest BCUT2D eigenvalue weighted by Gasteiger charge is -2.09. The van der Waals surface area contributed by atoms with Gasteiger partial charge in [-0.05, 0) is 38.7 Å². The van der Waals surface area contributed by atoms with Crippen molar-refractivity contribution in [2.24, 2.45) is 0 Å². The summed E-state index contributed by atoms with van der Waals surface area (Å²) in [4.78, 5) is 0.684. The third-order valence-electron chi connectivity index (χ3n) is 2.63. The van der Waals surface area contributed by atoms with Crippen LogP contribution in [0.15, 0.2) is 18.2 Å². The van der Waals surface area contributed by atoms with Crippen LogP contribution in [0.4, 0.5) is 0 Å². The highest BCUT2D eigenvalue weighted by molar-refractivity contribution is 9.09. The molecule has 1 atom stereocenters. The van der Waals surface area contributed by atoms with E-state index in [1.165, 1.54) is 42.4 Å². The van der Waals surface area contributed by atoms with Crippen LogP contribution in [0.5, 0.6) is 0 Å². The fraction of sp³-hybridized carbons (Fsp3) is 0.571. The molecule has 1 aromatic rings. The van der Waals surface area contributed by atoms with Gasteiger partial charge in [0.2, 0.25) is 0 Å². The van der Waals surface area contributed by atoms with E-state index in [0.29, 0.717) is 4.83 Å². The molecular formula is C14H21Br. The molecule has 1 rings (SSSR count). The summed E-state index contributed by atoms with van der Waals surface area (Å²) >= 11 is 3.73. The fourth-order valence-electron chi connectivity index (χ4n) is 1.99. The molecule has 0 spiro atoms. The Morgan fingerprint density at radius 1 is 1.07 bits per heavy atom. The summed E-state index contributed by atoms with van der Waals surface area (Å²) in [5.41, 5.74) is 4.24. The Kier molecular flexibility index (Phi) is 5.38. The first kappa shape index (κ1) is 12.8. The van der Waals surface area contributed by atoms with E-state index < -0.39 is 0 Å². The molecule has 15 heavy (non-hydrogen) atoms. The minimum absolute atomic E-state index is 0.684. The Morgan fingerprint density at radius 3 is 2.20 bits per heavy atom. The molecule has 0 saturated carbocycles. The van der Waals surface area contributed by atoms with Crippen molar-refractivity contribution in [3.8, 4) is 0 Å². The predicted octanol–water partition coefficient (Wildman–Crippen LogP) is 4.80. The molecule has 0 fully saturated rings. The number of hydrogen-bond donors (Lipinski definition) is 0. The van der Waals surface area contributed by atoms with Gasteiger partial charge in [-0.2, -0.15) is 0 Å². The average Bonchev–Trinajstić information content (AvgIpc) is 2.14. The highest BCUT2D eigenvalue weighted by atomic mass is 79.9. The maximum atomic E-state index is 3.73. The van der Waals surface area contributed by atoms with Crippen molar-refractivity contribution in [1.29, 1.82) is 0 Å². The number of alkyl halides is 1. The minimum atomic E-state index is 0.684. The van der Waals surface area contributed by atoms with Gasteiger partial charge in [0.05, 0.1) is 0 Å². The van der Waals surface area contributed by atoms with Crippen molar-refractivity contribution >= 4 is 15.9 Å². The molecule has 0 aliphatic rings. The molecular weight excluding hydrogens is 248 g/mol. The van der Waals surface area contributed by atoms with Gasteiger partial charge in [0, 0.05) is 4.83 Å². The van der Waals surface area contributed by atoms with Crippen molar-refractivity contribution in [2.45, 2.75) is 51.3 Å². The van der Waals surface area contributed by atoms with Gasteiger partial charge in [-0.3, -0.25) is 0 Å². The van der Waals surface area contributed by atoms with Gasteiger partial charge in [-0.1, -0.05) is 58.6 Å². The fourth-order valence-corrected chi connectivity index (χ4v) is 2.68. The van der Waals surface area contributed by atoms with Crippen molar-refractivity contribution in [2.75, 3.05) is 0 Å². The molecule has 0 aromatic heterocycles. The Morgan fingerprint density at radius 2 is 1.67 bits per heavy atom. The zero-order valence-electron chi connectivity index (χ0n) is 10.0. The van der Waals surface area contributed by atoms with Gasteiger partial charge in [-0.25, -0.2) is 0 Å². The molecule has 0 heterocycles. The van der Waals surface area contributed by atoms with Crippen LogP contribution in [-0.2, 0) is 6.42 Å². The first-order valence-electron chi connectivity index (χ1n) is 5.83. The third-order valence-corrected chi connectivity index (χ3v) is 3.55. The molecule has 0 bridgehead atoms. The van der Waals surface area contributed by atoms with Crippen LogP contribution in [0, 0.1) is 13.8 Å². The lowest BCUT2D eigenvalue weighted by molar-refractivity contribution is 0.693. The second kappa shape index (κ2) is 6.32. The van der Waals surface area contributed by atoms with Gasteiger partial charge in [-0.15, -0.1) is 0 Å². The Balaban J connectivity index is 2.50. The van der Waals surface area contributed by atoms with E-state index in [9.17, 15) is 0 Å². The summed E-state index contributed by atoms with van der Waals surface area (Å²) in [5.74, 6) is 0. The van der Waals surface area contributed by atoms with Gasteiger partial charge in [0.15, 0.2) is 0 Å². The monoisotopic (exact) mass is 268 g/mol. The molecule has 0 aliphatic carbocycles. The zero-order chi connectivity index (χ0) is 11.3. The molecule has 84 valence electrons. The molecule has 0 amide bonds. The van der Waals surface area contributed by atoms with Crippen LogP contribution in [-0.4, -0.2) is 4.83 Å². The number of hydrogen-bond acceptors (Lipinski definition) is 0. The summed E-state index contributed by atoms with van der Waals surface area (Å²) in [5, 5.41) is 0.